The molecule has 0 saturated carbocycles. The fourth-order valence-corrected chi connectivity index (χ4v) is 1.91. The molecule has 0 aromatic heterocycles. The topological polar surface area (TPSA) is 49.8 Å². The van der Waals surface area contributed by atoms with Crippen LogP contribution in [0.4, 0.5) is 0 Å². The number of hydrogen-bond acceptors (Lipinski definition) is 3. The van der Waals surface area contributed by atoms with E-state index in [4.69, 9.17) is 4.74 Å². The first-order chi connectivity index (χ1) is 9.28. The van der Waals surface area contributed by atoms with E-state index >= 15 is 0 Å². The maximum atomic E-state index is 11.8. The first-order valence-electron chi connectivity index (χ1n) is 6.94. The summed E-state index contributed by atoms with van der Waals surface area (Å²) in [5, 5.41) is 9.66. The third-order valence-corrected chi connectivity index (χ3v) is 2.87. The normalized spacial score (nSPS) is 11.2. The van der Waals surface area contributed by atoms with Gasteiger partial charge in [-0.1, -0.05) is 17.7 Å². The molecule has 0 bridgehead atoms. The molecular weight excluding hydrogens is 254 g/mol. The lowest BCUT2D eigenvalue weighted by molar-refractivity contribution is -0.132. The number of carbonyl (C=O) groups excluding carboxylic acids is 1. The van der Waals surface area contributed by atoms with E-state index in [2.05, 4.69) is 0 Å². The van der Waals surface area contributed by atoms with E-state index in [0.717, 1.165) is 5.75 Å². The molecule has 0 unspecified atom stereocenters. The van der Waals surface area contributed by atoms with E-state index < -0.39 is 5.60 Å². The van der Waals surface area contributed by atoms with Gasteiger partial charge in [0, 0.05) is 20.0 Å². The summed E-state index contributed by atoms with van der Waals surface area (Å²) in [6, 6.07) is 7.85. The molecule has 1 aromatic rings. The number of aryl methyl sites for hydroxylation is 1. The number of carbonyl (C=O) groups is 1. The molecule has 4 heteroatoms. The minimum Gasteiger partial charge on any atom is -0.494 e. The summed E-state index contributed by atoms with van der Waals surface area (Å²) >= 11 is 0. The molecule has 1 N–H and O–H groups in total. The second-order valence-corrected chi connectivity index (χ2v) is 5.83. The average Bonchev–Trinajstić information content (AvgIpc) is 2.34. The van der Waals surface area contributed by atoms with Crippen molar-refractivity contribution < 1.29 is 14.6 Å². The van der Waals surface area contributed by atoms with Crippen molar-refractivity contribution in [3.63, 3.8) is 0 Å². The Labute approximate surface area is 121 Å². The quantitative estimate of drug-likeness (QED) is 0.780. The lowest BCUT2D eigenvalue weighted by Crippen LogP contribution is -2.39. The van der Waals surface area contributed by atoms with Crippen LogP contribution in [0.1, 0.15) is 32.3 Å². The van der Waals surface area contributed by atoms with Crippen LogP contribution >= 0.6 is 0 Å². The minimum absolute atomic E-state index is 0.0274. The third-order valence-electron chi connectivity index (χ3n) is 2.87. The first kappa shape index (κ1) is 16.5. The number of rotatable bonds is 7. The van der Waals surface area contributed by atoms with Crippen LogP contribution in [0, 0.1) is 6.92 Å². The Bertz CT molecular complexity index is 420. The largest absolute Gasteiger partial charge is 0.494 e. The van der Waals surface area contributed by atoms with Gasteiger partial charge in [-0.05, 0) is 39.3 Å². The van der Waals surface area contributed by atoms with E-state index in [1.165, 1.54) is 5.56 Å². The van der Waals surface area contributed by atoms with Gasteiger partial charge in [0.15, 0.2) is 0 Å². The van der Waals surface area contributed by atoms with Gasteiger partial charge in [0.2, 0.25) is 5.91 Å². The Morgan fingerprint density at radius 2 is 1.90 bits per heavy atom. The SMILES string of the molecule is Cc1ccc(OCCCC(=O)N(C)CC(C)(C)O)cc1. The van der Waals surface area contributed by atoms with Crippen LogP contribution in [0.2, 0.25) is 0 Å². The van der Waals surface area contributed by atoms with E-state index in [1.807, 2.05) is 31.2 Å². The lowest BCUT2D eigenvalue weighted by Gasteiger charge is -2.25. The summed E-state index contributed by atoms with van der Waals surface area (Å²) in [5.74, 6) is 0.854. The highest BCUT2D eigenvalue weighted by Gasteiger charge is 2.18. The average molecular weight is 279 g/mol. The van der Waals surface area contributed by atoms with Crippen LogP contribution < -0.4 is 4.74 Å². The molecule has 0 radical (unpaired) electrons. The summed E-state index contributed by atoms with van der Waals surface area (Å²) in [5.41, 5.74) is 0.337. The molecule has 0 aliphatic carbocycles. The van der Waals surface area contributed by atoms with Crippen LogP contribution in [0.15, 0.2) is 24.3 Å². The Morgan fingerprint density at radius 3 is 2.45 bits per heavy atom. The first-order valence-corrected chi connectivity index (χ1v) is 6.94. The molecule has 0 saturated heterocycles. The molecular formula is C16H25NO3. The highest BCUT2D eigenvalue weighted by atomic mass is 16.5. The van der Waals surface area contributed by atoms with Gasteiger partial charge in [-0.25, -0.2) is 0 Å². The number of aliphatic hydroxyl groups is 1. The van der Waals surface area contributed by atoms with Crippen molar-refractivity contribution in [3.8, 4) is 5.75 Å². The monoisotopic (exact) mass is 279 g/mol. The van der Waals surface area contributed by atoms with Crippen molar-refractivity contribution in [3.05, 3.63) is 29.8 Å². The Kier molecular flexibility index (Phi) is 6.02. The van der Waals surface area contributed by atoms with Crippen molar-refractivity contribution in [1.82, 2.24) is 4.90 Å². The van der Waals surface area contributed by atoms with Crippen LogP contribution in [0.25, 0.3) is 0 Å². The zero-order chi connectivity index (χ0) is 15.2. The maximum absolute atomic E-state index is 11.8. The van der Waals surface area contributed by atoms with Crippen molar-refractivity contribution in [2.45, 2.75) is 39.2 Å². The summed E-state index contributed by atoms with van der Waals surface area (Å²) in [7, 11) is 1.71. The highest BCUT2D eigenvalue weighted by Crippen LogP contribution is 2.12. The van der Waals surface area contributed by atoms with E-state index in [-0.39, 0.29) is 5.91 Å². The number of benzene rings is 1. The van der Waals surface area contributed by atoms with Gasteiger partial charge < -0.3 is 14.7 Å². The predicted octanol–water partition coefficient (Wildman–Crippen LogP) is 2.38. The van der Waals surface area contributed by atoms with Crippen LogP contribution in [-0.2, 0) is 4.79 Å². The number of amides is 1. The molecule has 4 nitrogen and oxygen atoms in total. The predicted molar refractivity (Wildman–Crippen MR) is 79.8 cm³/mol. The molecule has 0 spiro atoms. The van der Waals surface area contributed by atoms with E-state index in [0.29, 0.717) is 26.0 Å². The van der Waals surface area contributed by atoms with Gasteiger partial charge in [-0.3, -0.25) is 4.79 Å². The van der Waals surface area contributed by atoms with E-state index in [1.54, 1.807) is 25.8 Å². The Morgan fingerprint density at radius 1 is 1.30 bits per heavy atom. The van der Waals surface area contributed by atoms with Gasteiger partial charge in [0.1, 0.15) is 5.75 Å². The zero-order valence-corrected chi connectivity index (χ0v) is 12.8. The second-order valence-electron chi connectivity index (χ2n) is 5.83. The molecule has 0 aliphatic heterocycles. The summed E-state index contributed by atoms with van der Waals surface area (Å²) in [6.45, 7) is 6.27. The maximum Gasteiger partial charge on any atom is 0.222 e. The molecule has 20 heavy (non-hydrogen) atoms. The van der Waals surface area contributed by atoms with Gasteiger partial charge in [-0.15, -0.1) is 0 Å². The molecule has 112 valence electrons. The van der Waals surface area contributed by atoms with Crippen LogP contribution in [0.3, 0.4) is 0 Å². The molecule has 0 aliphatic rings. The molecule has 1 rings (SSSR count). The molecule has 1 aromatic carbocycles. The fourth-order valence-electron chi connectivity index (χ4n) is 1.91. The molecule has 0 atom stereocenters. The van der Waals surface area contributed by atoms with Crippen LogP contribution in [0.5, 0.6) is 5.75 Å². The summed E-state index contributed by atoms with van der Waals surface area (Å²) in [4.78, 5) is 13.4. The lowest BCUT2D eigenvalue weighted by atomic mass is 10.1. The van der Waals surface area contributed by atoms with Gasteiger partial charge >= 0.3 is 0 Å². The van der Waals surface area contributed by atoms with Crippen LogP contribution in [-0.4, -0.2) is 41.7 Å². The third kappa shape index (κ3) is 6.57. The Balaban J connectivity index is 2.23. The molecule has 0 heterocycles. The highest BCUT2D eigenvalue weighted by molar-refractivity contribution is 5.75. The standard InChI is InChI=1S/C16H25NO3/c1-13-7-9-14(10-8-13)20-11-5-6-15(18)17(4)12-16(2,3)19/h7-10,19H,5-6,11-12H2,1-4H3. The number of nitrogens with zero attached hydrogens (tertiary/aromatic N) is 1. The minimum atomic E-state index is -0.858. The van der Waals surface area contributed by atoms with Crippen molar-refractivity contribution in [2.24, 2.45) is 0 Å². The van der Waals surface area contributed by atoms with Gasteiger partial charge in [0.25, 0.3) is 0 Å². The van der Waals surface area contributed by atoms with Gasteiger partial charge in [-0.2, -0.15) is 0 Å². The zero-order valence-electron chi connectivity index (χ0n) is 12.8. The van der Waals surface area contributed by atoms with Crippen molar-refractivity contribution in [1.29, 1.82) is 0 Å². The van der Waals surface area contributed by atoms with Gasteiger partial charge in [0.05, 0.1) is 12.2 Å². The van der Waals surface area contributed by atoms with E-state index in [9.17, 15) is 9.90 Å². The number of hydrogen-bond donors (Lipinski definition) is 1. The fraction of sp³-hybridized carbons (Fsp3) is 0.562. The summed E-state index contributed by atoms with van der Waals surface area (Å²) < 4.78 is 5.57. The second kappa shape index (κ2) is 7.29. The Hall–Kier alpha value is -1.55. The smallest absolute Gasteiger partial charge is 0.222 e. The number of ether oxygens (including phenoxy) is 1. The summed E-state index contributed by atoms with van der Waals surface area (Å²) in [6.07, 6.45) is 1.10. The van der Waals surface area contributed by atoms with Crippen molar-refractivity contribution in [2.75, 3.05) is 20.2 Å². The number of likely N-dealkylation sites (N-methyl/N-ethyl adjacent to an activating group) is 1. The van der Waals surface area contributed by atoms with Crippen molar-refractivity contribution >= 4 is 5.91 Å². The molecule has 1 amide bonds. The molecule has 0 fully saturated rings.